The molecular formula is C16H18F2N4. The molecule has 1 unspecified atom stereocenters. The van der Waals surface area contributed by atoms with E-state index in [4.69, 9.17) is 5.73 Å². The number of hydrogen-bond donors (Lipinski definition) is 2. The highest BCUT2D eigenvalue weighted by molar-refractivity contribution is 5.68. The van der Waals surface area contributed by atoms with Crippen LogP contribution >= 0.6 is 0 Å². The second kappa shape index (κ2) is 5.88. The number of likely N-dealkylation sites (N-methyl/N-ethyl adjacent to an activating group) is 1. The Bertz CT molecular complexity index is 690. The first-order chi connectivity index (χ1) is 10.6. The van der Waals surface area contributed by atoms with Crippen LogP contribution in [0.2, 0.25) is 0 Å². The number of hydrogen-bond acceptors (Lipinski definition) is 4. The van der Waals surface area contributed by atoms with Gasteiger partial charge in [0, 0.05) is 42.5 Å². The summed E-state index contributed by atoms with van der Waals surface area (Å²) < 4.78 is 27.0. The van der Waals surface area contributed by atoms with Crippen molar-refractivity contribution in [2.45, 2.75) is 12.5 Å². The molecular weight excluding hydrogens is 286 g/mol. The Kier molecular flexibility index (Phi) is 3.94. The molecule has 0 aliphatic carbocycles. The summed E-state index contributed by atoms with van der Waals surface area (Å²) in [6, 6.07) is 7.47. The Labute approximate surface area is 128 Å². The minimum atomic E-state index is -0.640. The SMILES string of the molecule is CNC1CCN(c2cc(N)nc(-c3ccc(F)cc3F)c2)C1. The molecule has 2 aromatic rings. The monoisotopic (exact) mass is 304 g/mol. The summed E-state index contributed by atoms with van der Waals surface area (Å²) in [5, 5.41) is 3.25. The molecule has 22 heavy (non-hydrogen) atoms. The van der Waals surface area contributed by atoms with Gasteiger partial charge in [-0.25, -0.2) is 13.8 Å². The van der Waals surface area contributed by atoms with Crippen LogP contribution < -0.4 is 16.0 Å². The van der Waals surface area contributed by atoms with E-state index in [1.54, 1.807) is 12.1 Å². The predicted molar refractivity (Wildman–Crippen MR) is 83.7 cm³/mol. The van der Waals surface area contributed by atoms with Gasteiger partial charge in [0.1, 0.15) is 17.5 Å². The molecule has 0 radical (unpaired) electrons. The molecule has 0 saturated carbocycles. The van der Waals surface area contributed by atoms with Crippen molar-refractivity contribution < 1.29 is 8.78 Å². The van der Waals surface area contributed by atoms with Crippen LogP contribution in [-0.4, -0.2) is 31.2 Å². The summed E-state index contributed by atoms with van der Waals surface area (Å²) in [4.78, 5) is 6.36. The quantitative estimate of drug-likeness (QED) is 0.914. The first kappa shape index (κ1) is 14.7. The van der Waals surface area contributed by atoms with E-state index in [2.05, 4.69) is 15.2 Å². The van der Waals surface area contributed by atoms with Gasteiger partial charge in [-0.05, 0) is 31.7 Å². The number of nitrogens with two attached hydrogens (primary N) is 1. The molecule has 0 amide bonds. The molecule has 2 heterocycles. The lowest BCUT2D eigenvalue weighted by molar-refractivity contribution is 0.585. The van der Waals surface area contributed by atoms with Crippen LogP contribution in [0.5, 0.6) is 0 Å². The topological polar surface area (TPSA) is 54.2 Å². The van der Waals surface area contributed by atoms with E-state index in [1.807, 2.05) is 7.05 Å². The lowest BCUT2D eigenvalue weighted by Crippen LogP contribution is -2.29. The van der Waals surface area contributed by atoms with Gasteiger partial charge in [-0.2, -0.15) is 0 Å². The van der Waals surface area contributed by atoms with Gasteiger partial charge in [-0.1, -0.05) is 0 Å². The van der Waals surface area contributed by atoms with Gasteiger partial charge in [0.05, 0.1) is 5.69 Å². The second-order valence-electron chi connectivity index (χ2n) is 5.48. The smallest absolute Gasteiger partial charge is 0.135 e. The number of rotatable bonds is 3. The first-order valence-corrected chi connectivity index (χ1v) is 7.22. The summed E-state index contributed by atoms with van der Waals surface area (Å²) >= 11 is 0. The highest BCUT2D eigenvalue weighted by Gasteiger charge is 2.22. The Morgan fingerprint density at radius 1 is 1.27 bits per heavy atom. The number of pyridine rings is 1. The summed E-state index contributed by atoms with van der Waals surface area (Å²) in [6.07, 6.45) is 1.04. The fraction of sp³-hybridized carbons (Fsp3) is 0.312. The zero-order chi connectivity index (χ0) is 15.7. The molecule has 116 valence electrons. The minimum absolute atomic E-state index is 0.249. The molecule has 1 saturated heterocycles. The Balaban J connectivity index is 1.96. The van der Waals surface area contributed by atoms with Gasteiger partial charge in [-0.15, -0.1) is 0 Å². The van der Waals surface area contributed by atoms with E-state index in [-0.39, 0.29) is 5.56 Å². The average molecular weight is 304 g/mol. The number of benzene rings is 1. The van der Waals surface area contributed by atoms with Crippen molar-refractivity contribution in [3.63, 3.8) is 0 Å². The number of nitrogens with one attached hydrogen (secondary N) is 1. The summed E-state index contributed by atoms with van der Waals surface area (Å²) in [7, 11) is 1.94. The normalized spacial score (nSPS) is 18.0. The Morgan fingerprint density at radius 2 is 2.09 bits per heavy atom. The third-order valence-corrected chi connectivity index (χ3v) is 4.00. The highest BCUT2D eigenvalue weighted by atomic mass is 19.1. The predicted octanol–water partition coefficient (Wildman–Crippen LogP) is 2.41. The van der Waals surface area contributed by atoms with Crippen LogP contribution in [0.4, 0.5) is 20.3 Å². The average Bonchev–Trinajstić information content (AvgIpc) is 2.95. The zero-order valence-electron chi connectivity index (χ0n) is 12.3. The first-order valence-electron chi connectivity index (χ1n) is 7.22. The Hall–Kier alpha value is -2.21. The lowest BCUT2D eigenvalue weighted by atomic mass is 10.1. The summed E-state index contributed by atoms with van der Waals surface area (Å²) in [5.74, 6) is -0.926. The van der Waals surface area contributed by atoms with Gasteiger partial charge < -0.3 is 16.0 Å². The number of nitrogens with zero attached hydrogens (tertiary/aromatic N) is 2. The number of aromatic nitrogens is 1. The molecule has 1 aromatic heterocycles. The number of halogens is 2. The van der Waals surface area contributed by atoms with Crippen molar-refractivity contribution in [1.82, 2.24) is 10.3 Å². The molecule has 0 bridgehead atoms. The zero-order valence-corrected chi connectivity index (χ0v) is 12.3. The van der Waals surface area contributed by atoms with Crippen LogP contribution in [0, 0.1) is 11.6 Å². The van der Waals surface area contributed by atoms with E-state index in [1.165, 1.54) is 12.1 Å². The van der Waals surface area contributed by atoms with Crippen molar-refractivity contribution >= 4 is 11.5 Å². The van der Waals surface area contributed by atoms with Gasteiger partial charge in [-0.3, -0.25) is 0 Å². The molecule has 0 spiro atoms. The maximum atomic E-state index is 13.9. The molecule has 3 rings (SSSR count). The molecule has 6 heteroatoms. The standard InChI is InChI=1S/C16H18F2N4/c1-20-11-4-5-22(9-11)12-7-15(21-16(19)8-12)13-3-2-10(17)6-14(13)18/h2-3,6-8,11,20H,4-5,9H2,1H3,(H2,19,21). The molecule has 3 N–H and O–H groups in total. The largest absolute Gasteiger partial charge is 0.384 e. The van der Waals surface area contributed by atoms with E-state index < -0.39 is 11.6 Å². The van der Waals surface area contributed by atoms with Crippen molar-refractivity contribution in [3.05, 3.63) is 42.0 Å². The summed E-state index contributed by atoms with van der Waals surface area (Å²) in [6.45, 7) is 1.77. The third kappa shape index (κ3) is 2.87. The second-order valence-corrected chi connectivity index (χ2v) is 5.48. The Morgan fingerprint density at radius 3 is 2.77 bits per heavy atom. The fourth-order valence-electron chi connectivity index (χ4n) is 2.79. The van der Waals surface area contributed by atoms with Gasteiger partial charge >= 0.3 is 0 Å². The van der Waals surface area contributed by atoms with Crippen LogP contribution in [0.15, 0.2) is 30.3 Å². The van der Waals surface area contributed by atoms with E-state index in [9.17, 15) is 8.78 Å². The maximum Gasteiger partial charge on any atom is 0.135 e. The van der Waals surface area contributed by atoms with Crippen LogP contribution in [0.3, 0.4) is 0 Å². The lowest BCUT2D eigenvalue weighted by Gasteiger charge is -2.20. The molecule has 1 aromatic carbocycles. The molecule has 1 aliphatic rings. The van der Waals surface area contributed by atoms with Gasteiger partial charge in [0.2, 0.25) is 0 Å². The van der Waals surface area contributed by atoms with Crippen LogP contribution in [0.1, 0.15) is 6.42 Å². The highest BCUT2D eigenvalue weighted by Crippen LogP contribution is 2.29. The molecule has 1 atom stereocenters. The van der Waals surface area contributed by atoms with Crippen molar-refractivity contribution in [2.24, 2.45) is 0 Å². The van der Waals surface area contributed by atoms with E-state index >= 15 is 0 Å². The van der Waals surface area contributed by atoms with Crippen LogP contribution in [-0.2, 0) is 0 Å². The van der Waals surface area contributed by atoms with Gasteiger partial charge in [0.15, 0.2) is 0 Å². The minimum Gasteiger partial charge on any atom is -0.384 e. The van der Waals surface area contributed by atoms with E-state index in [0.29, 0.717) is 17.6 Å². The molecule has 4 nitrogen and oxygen atoms in total. The van der Waals surface area contributed by atoms with Crippen LogP contribution in [0.25, 0.3) is 11.3 Å². The van der Waals surface area contributed by atoms with Crippen molar-refractivity contribution in [2.75, 3.05) is 30.8 Å². The van der Waals surface area contributed by atoms with Crippen molar-refractivity contribution in [1.29, 1.82) is 0 Å². The number of nitrogen functional groups attached to an aromatic ring is 1. The molecule has 1 aliphatic heterocycles. The maximum absolute atomic E-state index is 13.9. The van der Waals surface area contributed by atoms with Crippen molar-refractivity contribution in [3.8, 4) is 11.3 Å². The van der Waals surface area contributed by atoms with E-state index in [0.717, 1.165) is 31.3 Å². The van der Waals surface area contributed by atoms with Gasteiger partial charge in [0.25, 0.3) is 0 Å². The third-order valence-electron chi connectivity index (χ3n) is 4.00. The molecule has 1 fully saturated rings. The summed E-state index contributed by atoms with van der Waals surface area (Å²) in [5.41, 5.74) is 7.43. The fourth-order valence-corrected chi connectivity index (χ4v) is 2.79. The number of anilines is 2.